The molecule has 156 valence electrons. The third-order valence-electron chi connectivity index (χ3n) is 5.18. The van der Waals surface area contributed by atoms with Gasteiger partial charge < -0.3 is 10.6 Å². The Bertz CT molecular complexity index is 954. The number of hydrogen-bond acceptors (Lipinski definition) is 5. The number of halogens is 1. The predicted octanol–water partition coefficient (Wildman–Crippen LogP) is 2.78. The Balaban J connectivity index is 1.23. The van der Waals surface area contributed by atoms with Crippen molar-refractivity contribution in [2.45, 2.75) is 32.0 Å². The van der Waals surface area contributed by atoms with Crippen LogP contribution in [0.3, 0.4) is 0 Å². The highest BCUT2D eigenvalue weighted by atomic mass is 35.5. The van der Waals surface area contributed by atoms with E-state index in [1.54, 1.807) is 17.2 Å². The zero-order valence-electron chi connectivity index (χ0n) is 16.5. The fraction of sp³-hybridized carbons (Fsp3) is 0.333. The molecule has 1 aromatic carbocycles. The molecule has 0 unspecified atom stereocenters. The SMILES string of the molecule is O=C(NCc1cccnc1-n1cncn1)NC1CCN(Cc2ccc(Cl)cc2)CC1. The van der Waals surface area contributed by atoms with Crippen LogP contribution in [0.2, 0.25) is 5.02 Å². The Labute approximate surface area is 180 Å². The van der Waals surface area contributed by atoms with Gasteiger partial charge in [0.2, 0.25) is 0 Å². The van der Waals surface area contributed by atoms with Crippen LogP contribution in [-0.2, 0) is 13.1 Å². The Kier molecular flexibility index (Phi) is 6.56. The maximum absolute atomic E-state index is 12.4. The largest absolute Gasteiger partial charge is 0.335 e. The zero-order chi connectivity index (χ0) is 20.8. The molecule has 0 bridgehead atoms. The van der Waals surface area contributed by atoms with Crippen LogP contribution in [0.4, 0.5) is 4.79 Å². The van der Waals surface area contributed by atoms with Crippen molar-refractivity contribution in [3.8, 4) is 5.82 Å². The number of nitrogens with zero attached hydrogens (tertiary/aromatic N) is 5. The third-order valence-corrected chi connectivity index (χ3v) is 5.44. The summed E-state index contributed by atoms with van der Waals surface area (Å²) in [5.41, 5.74) is 2.12. The van der Waals surface area contributed by atoms with Crippen LogP contribution in [0.5, 0.6) is 0 Å². The van der Waals surface area contributed by atoms with Crippen molar-refractivity contribution in [2.75, 3.05) is 13.1 Å². The molecule has 9 heteroatoms. The Morgan fingerprint density at radius 3 is 2.70 bits per heavy atom. The highest BCUT2D eigenvalue weighted by molar-refractivity contribution is 6.30. The maximum atomic E-state index is 12.4. The van der Waals surface area contributed by atoms with Crippen molar-refractivity contribution >= 4 is 17.6 Å². The molecule has 1 aliphatic heterocycles. The minimum Gasteiger partial charge on any atom is -0.335 e. The van der Waals surface area contributed by atoms with E-state index in [-0.39, 0.29) is 12.1 Å². The van der Waals surface area contributed by atoms with Crippen molar-refractivity contribution in [1.29, 1.82) is 0 Å². The summed E-state index contributed by atoms with van der Waals surface area (Å²) in [5, 5.41) is 10.9. The van der Waals surface area contributed by atoms with E-state index in [1.165, 1.54) is 11.9 Å². The van der Waals surface area contributed by atoms with Crippen LogP contribution < -0.4 is 10.6 Å². The molecule has 30 heavy (non-hydrogen) atoms. The van der Waals surface area contributed by atoms with E-state index in [9.17, 15) is 4.79 Å². The quantitative estimate of drug-likeness (QED) is 0.634. The summed E-state index contributed by atoms with van der Waals surface area (Å²) in [6.45, 7) is 3.17. The molecular weight excluding hydrogens is 402 g/mol. The normalized spacial score (nSPS) is 15.1. The van der Waals surface area contributed by atoms with Gasteiger partial charge in [-0.15, -0.1) is 0 Å². The summed E-state index contributed by atoms with van der Waals surface area (Å²) >= 11 is 5.95. The highest BCUT2D eigenvalue weighted by Gasteiger charge is 2.21. The van der Waals surface area contributed by atoms with Gasteiger partial charge in [-0.3, -0.25) is 4.90 Å². The van der Waals surface area contributed by atoms with Gasteiger partial charge in [0.1, 0.15) is 12.7 Å². The van der Waals surface area contributed by atoms with Crippen LogP contribution in [0.25, 0.3) is 5.82 Å². The summed E-state index contributed by atoms with van der Waals surface area (Å²) in [6, 6.07) is 11.7. The van der Waals surface area contributed by atoms with Crippen LogP contribution in [0.1, 0.15) is 24.0 Å². The Morgan fingerprint density at radius 1 is 1.17 bits per heavy atom. The lowest BCUT2D eigenvalue weighted by atomic mass is 10.0. The fourth-order valence-electron chi connectivity index (χ4n) is 3.59. The molecule has 0 atom stereocenters. The van der Waals surface area contributed by atoms with Gasteiger partial charge in [-0.2, -0.15) is 5.10 Å². The highest BCUT2D eigenvalue weighted by Crippen LogP contribution is 2.16. The average Bonchev–Trinajstić information content (AvgIpc) is 3.30. The summed E-state index contributed by atoms with van der Waals surface area (Å²) in [7, 11) is 0. The van der Waals surface area contributed by atoms with Crippen LogP contribution in [0.15, 0.2) is 55.2 Å². The van der Waals surface area contributed by atoms with Crippen molar-refractivity contribution in [3.05, 3.63) is 71.4 Å². The molecule has 4 rings (SSSR count). The number of carbonyl (C=O) groups excluding carboxylic acids is 1. The second kappa shape index (κ2) is 9.69. The lowest BCUT2D eigenvalue weighted by Crippen LogP contribution is -2.47. The molecule has 0 aliphatic carbocycles. The summed E-state index contributed by atoms with van der Waals surface area (Å²) in [5.74, 6) is 0.658. The number of aromatic nitrogens is 4. The van der Waals surface area contributed by atoms with Gasteiger partial charge in [0.15, 0.2) is 5.82 Å². The minimum absolute atomic E-state index is 0.167. The monoisotopic (exact) mass is 425 g/mol. The Hall–Kier alpha value is -2.97. The smallest absolute Gasteiger partial charge is 0.315 e. The van der Waals surface area contributed by atoms with Gasteiger partial charge >= 0.3 is 6.03 Å². The topological polar surface area (TPSA) is 88.0 Å². The number of carbonyl (C=O) groups is 1. The minimum atomic E-state index is -0.167. The van der Waals surface area contributed by atoms with Gasteiger partial charge in [-0.05, 0) is 36.6 Å². The maximum Gasteiger partial charge on any atom is 0.315 e. The molecule has 2 aromatic heterocycles. The first-order valence-electron chi connectivity index (χ1n) is 9.97. The summed E-state index contributed by atoms with van der Waals surface area (Å²) in [6.07, 6.45) is 6.59. The van der Waals surface area contributed by atoms with Crippen molar-refractivity contribution in [3.63, 3.8) is 0 Å². The number of nitrogens with one attached hydrogen (secondary N) is 2. The first kappa shape index (κ1) is 20.3. The molecular formula is C21H24ClN7O. The lowest BCUT2D eigenvalue weighted by Gasteiger charge is -2.32. The fourth-order valence-corrected chi connectivity index (χ4v) is 3.71. The van der Waals surface area contributed by atoms with Crippen LogP contribution in [0, 0.1) is 0 Å². The second-order valence-corrected chi connectivity index (χ2v) is 7.77. The molecule has 0 saturated carbocycles. The number of benzene rings is 1. The van der Waals surface area contributed by atoms with E-state index < -0.39 is 0 Å². The van der Waals surface area contributed by atoms with E-state index in [1.807, 2.05) is 24.3 Å². The first-order chi connectivity index (χ1) is 14.7. The number of likely N-dealkylation sites (tertiary alicyclic amines) is 1. The number of urea groups is 1. The standard InChI is InChI=1S/C21H24ClN7O/c22-18-5-3-16(4-6-18)13-28-10-7-19(8-11-28)27-21(30)25-12-17-2-1-9-24-20(17)29-15-23-14-26-29/h1-6,9,14-15,19H,7-8,10-13H2,(H2,25,27,30). The average molecular weight is 426 g/mol. The van der Waals surface area contributed by atoms with Crippen molar-refractivity contribution in [1.82, 2.24) is 35.3 Å². The number of hydrogen-bond donors (Lipinski definition) is 2. The van der Waals surface area contributed by atoms with Gasteiger partial charge in [0.25, 0.3) is 0 Å². The Morgan fingerprint density at radius 2 is 1.97 bits per heavy atom. The lowest BCUT2D eigenvalue weighted by molar-refractivity contribution is 0.186. The van der Waals surface area contributed by atoms with Gasteiger partial charge in [0, 0.05) is 49.0 Å². The van der Waals surface area contributed by atoms with E-state index in [0.717, 1.165) is 43.1 Å². The molecule has 8 nitrogen and oxygen atoms in total. The van der Waals surface area contributed by atoms with E-state index in [2.05, 4.69) is 42.7 Å². The van der Waals surface area contributed by atoms with Crippen molar-refractivity contribution < 1.29 is 4.79 Å². The van der Waals surface area contributed by atoms with E-state index >= 15 is 0 Å². The summed E-state index contributed by atoms with van der Waals surface area (Å²) < 4.78 is 1.59. The predicted molar refractivity (Wildman–Crippen MR) is 114 cm³/mol. The molecule has 3 heterocycles. The zero-order valence-corrected chi connectivity index (χ0v) is 17.3. The molecule has 0 spiro atoms. The van der Waals surface area contributed by atoms with Gasteiger partial charge in [-0.25, -0.2) is 19.4 Å². The van der Waals surface area contributed by atoms with E-state index in [4.69, 9.17) is 11.6 Å². The number of rotatable bonds is 6. The molecule has 1 aliphatic rings. The van der Waals surface area contributed by atoms with Crippen molar-refractivity contribution in [2.24, 2.45) is 0 Å². The molecule has 3 aromatic rings. The third kappa shape index (κ3) is 5.34. The molecule has 2 amide bonds. The molecule has 2 N–H and O–H groups in total. The van der Waals surface area contributed by atoms with Gasteiger partial charge in [-0.1, -0.05) is 29.8 Å². The second-order valence-electron chi connectivity index (χ2n) is 7.33. The summed E-state index contributed by atoms with van der Waals surface area (Å²) in [4.78, 5) is 23.1. The number of piperidine rings is 1. The first-order valence-corrected chi connectivity index (χ1v) is 10.4. The molecule has 1 fully saturated rings. The van der Waals surface area contributed by atoms with Crippen LogP contribution in [-0.4, -0.2) is 49.8 Å². The molecule has 1 saturated heterocycles. The van der Waals surface area contributed by atoms with E-state index in [0.29, 0.717) is 12.4 Å². The van der Waals surface area contributed by atoms with Gasteiger partial charge in [0.05, 0.1) is 0 Å². The number of amides is 2. The molecule has 0 radical (unpaired) electrons. The number of pyridine rings is 1. The van der Waals surface area contributed by atoms with Crippen LogP contribution >= 0.6 is 11.6 Å².